The molecule has 0 spiro atoms. The van der Waals surface area contributed by atoms with Gasteiger partial charge in [0.15, 0.2) is 0 Å². The van der Waals surface area contributed by atoms with Gasteiger partial charge in [0.05, 0.1) is 10.7 Å². The molecule has 0 aliphatic heterocycles. The van der Waals surface area contributed by atoms with Crippen LogP contribution in [0.4, 0.5) is 8.78 Å². The highest BCUT2D eigenvalue weighted by Crippen LogP contribution is 2.30. The molecule has 0 bridgehead atoms. The van der Waals surface area contributed by atoms with Crippen LogP contribution in [0.1, 0.15) is 17.8 Å². The number of pyridine rings is 1. The molecular formula is C7H5Cl2F2NO2S. The molecule has 0 aliphatic rings. The Labute approximate surface area is 94.4 Å². The van der Waals surface area contributed by atoms with Crippen molar-refractivity contribution in [3.8, 4) is 0 Å². The molecule has 0 radical (unpaired) electrons. The van der Waals surface area contributed by atoms with Crippen molar-refractivity contribution in [2.45, 2.75) is 18.2 Å². The molecule has 0 aliphatic carbocycles. The maximum atomic E-state index is 12.4. The van der Waals surface area contributed by atoms with Gasteiger partial charge >= 0.3 is 0 Å². The Kier molecular flexibility index (Phi) is 3.52. The number of nitrogens with zero attached hydrogens (tertiary/aromatic N) is 1. The molecule has 3 nitrogen and oxygen atoms in total. The summed E-state index contributed by atoms with van der Waals surface area (Å²) in [5.74, 6) is 0. The third-order valence-corrected chi connectivity index (χ3v) is 3.35. The maximum absolute atomic E-state index is 12.4. The van der Waals surface area contributed by atoms with Crippen LogP contribution >= 0.6 is 22.3 Å². The van der Waals surface area contributed by atoms with Crippen LogP contribution in [0.15, 0.2) is 11.0 Å². The van der Waals surface area contributed by atoms with E-state index in [-0.39, 0.29) is 10.7 Å². The summed E-state index contributed by atoms with van der Waals surface area (Å²) in [5.41, 5.74) is -0.761. The predicted octanol–water partition coefficient (Wildman–Crippen LogP) is 2.91. The molecule has 1 aromatic heterocycles. The number of hydrogen-bond donors (Lipinski definition) is 0. The molecule has 15 heavy (non-hydrogen) atoms. The number of aromatic nitrogens is 1. The summed E-state index contributed by atoms with van der Waals surface area (Å²) in [6, 6.07) is 0.869. The first-order valence-electron chi connectivity index (χ1n) is 3.63. The van der Waals surface area contributed by atoms with E-state index in [4.69, 9.17) is 22.3 Å². The molecule has 0 saturated carbocycles. The van der Waals surface area contributed by atoms with Crippen LogP contribution in [0.5, 0.6) is 0 Å². The molecule has 0 saturated heterocycles. The largest absolute Gasteiger partial charge is 0.281 e. The SMILES string of the molecule is Cc1nc(C(F)F)c(S(=O)(=O)Cl)cc1Cl. The van der Waals surface area contributed by atoms with Gasteiger partial charge in [0.1, 0.15) is 10.6 Å². The van der Waals surface area contributed by atoms with E-state index in [0.29, 0.717) is 0 Å². The van der Waals surface area contributed by atoms with Gasteiger partial charge in [-0.25, -0.2) is 22.2 Å². The lowest BCUT2D eigenvalue weighted by atomic mass is 10.3. The average molecular weight is 276 g/mol. The van der Waals surface area contributed by atoms with Crippen molar-refractivity contribution in [3.63, 3.8) is 0 Å². The second kappa shape index (κ2) is 4.19. The van der Waals surface area contributed by atoms with Crippen molar-refractivity contribution in [1.29, 1.82) is 0 Å². The zero-order chi connectivity index (χ0) is 11.8. The second-order valence-corrected chi connectivity index (χ2v) is 5.62. The molecule has 0 fully saturated rings. The molecule has 0 aromatic carbocycles. The molecule has 0 atom stereocenters. The van der Waals surface area contributed by atoms with Crippen molar-refractivity contribution in [1.82, 2.24) is 4.98 Å². The first kappa shape index (κ1) is 12.6. The Morgan fingerprint density at radius 1 is 1.47 bits per heavy atom. The minimum absolute atomic E-state index is 0.0291. The standard InChI is InChI=1S/C7H5Cl2F2NO2S/c1-3-4(8)2-5(15(9,13)14)6(12-3)7(10)11/h2,7H,1H3. The van der Waals surface area contributed by atoms with Crippen molar-refractivity contribution < 1.29 is 17.2 Å². The lowest BCUT2D eigenvalue weighted by Gasteiger charge is -2.07. The topological polar surface area (TPSA) is 47.0 Å². The van der Waals surface area contributed by atoms with Gasteiger partial charge in [-0.15, -0.1) is 0 Å². The third kappa shape index (κ3) is 2.76. The fourth-order valence-corrected chi connectivity index (χ4v) is 2.16. The molecule has 8 heteroatoms. The summed E-state index contributed by atoms with van der Waals surface area (Å²) in [5, 5.41) is -0.0291. The highest BCUT2D eigenvalue weighted by atomic mass is 35.7. The minimum atomic E-state index is -4.27. The zero-order valence-corrected chi connectivity index (χ0v) is 9.67. The molecule has 0 amide bonds. The van der Waals surface area contributed by atoms with Crippen molar-refractivity contribution in [3.05, 3.63) is 22.5 Å². The third-order valence-electron chi connectivity index (χ3n) is 1.61. The van der Waals surface area contributed by atoms with Crippen LogP contribution in [0.2, 0.25) is 5.02 Å². The summed E-state index contributed by atoms with van der Waals surface area (Å²) >= 11 is 5.57. The van der Waals surface area contributed by atoms with Gasteiger partial charge in [0, 0.05) is 10.7 Å². The van der Waals surface area contributed by atoms with E-state index in [1.807, 2.05) is 0 Å². The van der Waals surface area contributed by atoms with Crippen LogP contribution in [-0.2, 0) is 9.05 Å². The lowest BCUT2D eigenvalue weighted by Crippen LogP contribution is -2.03. The summed E-state index contributed by atoms with van der Waals surface area (Å²) in [6.07, 6.45) is -3.02. The van der Waals surface area contributed by atoms with Gasteiger partial charge in [-0.1, -0.05) is 11.6 Å². The van der Waals surface area contributed by atoms with Gasteiger partial charge in [0.2, 0.25) is 0 Å². The van der Waals surface area contributed by atoms with Crippen LogP contribution < -0.4 is 0 Å². The molecule has 1 heterocycles. The number of rotatable bonds is 2. The van der Waals surface area contributed by atoms with Crippen LogP contribution in [0.3, 0.4) is 0 Å². The van der Waals surface area contributed by atoms with Gasteiger partial charge in [-0.2, -0.15) is 0 Å². The zero-order valence-electron chi connectivity index (χ0n) is 7.34. The van der Waals surface area contributed by atoms with E-state index in [9.17, 15) is 17.2 Å². The van der Waals surface area contributed by atoms with Crippen molar-refractivity contribution in [2.75, 3.05) is 0 Å². The summed E-state index contributed by atoms with van der Waals surface area (Å²) in [6.45, 7) is 1.39. The predicted molar refractivity (Wildman–Crippen MR) is 52.0 cm³/mol. The Morgan fingerprint density at radius 2 is 2.00 bits per heavy atom. The first-order valence-corrected chi connectivity index (χ1v) is 6.32. The maximum Gasteiger partial charge on any atom is 0.281 e. The number of halogens is 4. The van der Waals surface area contributed by atoms with Gasteiger partial charge in [-0.3, -0.25) is 0 Å². The summed E-state index contributed by atoms with van der Waals surface area (Å²) in [4.78, 5) is 2.64. The van der Waals surface area contributed by atoms with Gasteiger partial charge in [-0.05, 0) is 13.0 Å². The van der Waals surface area contributed by atoms with E-state index in [2.05, 4.69) is 4.98 Å². The van der Waals surface area contributed by atoms with Crippen LogP contribution in [0, 0.1) is 6.92 Å². The van der Waals surface area contributed by atoms with Crippen LogP contribution in [0.25, 0.3) is 0 Å². The quantitative estimate of drug-likeness (QED) is 0.780. The van der Waals surface area contributed by atoms with E-state index >= 15 is 0 Å². The average Bonchev–Trinajstić information content (AvgIpc) is 2.06. The molecule has 0 unspecified atom stereocenters. The smallest absolute Gasteiger partial charge is 0.249 e. The highest BCUT2D eigenvalue weighted by molar-refractivity contribution is 8.13. The normalized spacial score (nSPS) is 12.1. The number of alkyl halides is 2. The van der Waals surface area contributed by atoms with E-state index < -0.39 is 26.1 Å². The first-order chi connectivity index (χ1) is 6.73. The monoisotopic (exact) mass is 275 g/mol. The van der Waals surface area contributed by atoms with E-state index in [1.165, 1.54) is 6.92 Å². The van der Waals surface area contributed by atoms with Gasteiger partial charge in [0.25, 0.3) is 15.5 Å². The fourth-order valence-electron chi connectivity index (χ4n) is 0.934. The van der Waals surface area contributed by atoms with Gasteiger partial charge < -0.3 is 0 Å². The highest BCUT2D eigenvalue weighted by Gasteiger charge is 2.24. The van der Waals surface area contributed by atoms with E-state index in [1.54, 1.807) is 0 Å². The second-order valence-electron chi connectivity index (χ2n) is 2.68. The Hall–Kier alpha value is -0.460. The van der Waals surface area contributed by atoms with Crippen molar-refractivity contribution >= 4 is 31.3 Å². The van der Waals surface area contributed by atoms with Crippen LogP contribution in [-0.4, -0.2) is 13.4 Å². The van der Waals surface area contributed by atoms with E-state index in [0.717, 1.165) is 6.07 Å². The number of hydrogen-bond acceptors (Lipinski definition) is 3. The lowest BCUT2D eigenvalue weighted by molar-refractivity contribution is 0.142. The number of aryl methyl sites for hydroxylation is 1. The minimum Gasteiger partial charge on any atom is -0.249 e. The molecule has 84 valence electrons. The summed E-state index contributed by atoms with van der Waals surface area (Å²) < 4.78 is 46.8. The molecule has 1 rings (SSSR count). The molecule has 0 N–H and O–H groups in total. The molecule has 1 aromatic rings. The Morgan fingerprint density at radius 3 is 2.40 bits per heavy atom. The Bertz CT molecular complexity index is 490. The Balaban J connectivity index is 3.56. The summed E-state index contributed by atoms with van der Waals surface area (Å²) in [7, 11) is 0.700. The molecular weight excluding hydrogens is 271 g/mol. The van der Waals surface area contributed by atoms with Crippen molar-refractivity contribution in [2.24, 2.45) is 0 Å². The fraction of sp³-hybridized carbons (Fsp3) is 0.286.